The van der Waals surface area contributed by atoms with Gasteiger partial charge in [-0.25, -0.2) is 0 Å². The molecule has 0 unspecified atom stereocenters. The summed E-state index contributed by atoms with van der Waals surface area (Å²) in [5.74, 6) is 0. The average Bonchev–Trinajstić information content (AvgIpc) is 2.57. The summed E-state index contributed by atoms with van der Waals surface area (Å²) in [6, 6.07) is 2.07. The van der Waals surface area contributed by atoms with Crippen LogP contribution in [0.25, 0.3) is 0 Å². The summed E-state index contributed by atoms with van der Waals surface area (Å²) in [5.41, 5.74) is 1.79. The SMILES string of the molecule is CCCCC#N.c1cscn1. The number of aromatic nitrogens is 1. The molecule has 1 aromatic heterocycles. The van der Waals surface area contributed by atoms with Crippen molar-refractivity contribution in [3.05, 3.63) is 17.1 Å². The molecule has 0 amide bonds. The first-order valence-corrected chi connectivity index (χ1v) is 4.55. The third-order valence-corrected chi connectivity index (χ3v) is 1.51. The Kier molecular flexibility index (Phi) is 8.39. The summed E-state index contributed by atoms with van der Waals surface area (Å²) >= 11 is 1.60. The van der Waals surface area contributed by atoms with Crippen LogP contribution in [0.3, 0.4) is 0 Å². The van der Waals surface area contributed by atoms with Gasteiger partial charge in [-0.2, -0.15) is 5.26 Å². The fourth-order valence-electron chi connectivity index (χ4n) is 0.432. The summed E-state index contributed by atoms with van der Waals surface area (Å²) in [6.07, 6.45) is 4.67. The van der Waals surface area contributed by atoms with Crippen LogP contribution in [0.5, 0.6) is 0 Å². The molecule has 0 bridgehead atoms. The standard InChI is InChI=1S/C5H9N.C3H3NS/c1-2-3-4-5-6;1-2-5-3-4-1/h2-4H2,1H3;1-3H. The van der Waals surface area contributed by atoms with Crippen LogP contribution in [-0.4, -0.2) is 4.98 Å². The van der Waals surface area contributed by atoms with Gasteiger partial charge in [0.25, 0.3) is 0 Å². The number of thiazole rings is 1. The van der Waals surface area contributed by atoms with Crippen LogP contribution < -0.4 is 0 Å². The maximum Gasteiger partial charge on any atom is 0.0791 e. The molecule has 0 atom stereocenters. The van der Waals surface area contributed by atoms with Gasteiger partial charge in [0.15, 0.2) is 0 Å². The first-order valence-electron chi connectivity index (χ1n) is 3.61. The molecule has 0 aromatic carbocycles. The van der Waals surface area contributed by atoms with E-state index in [1.54, 1.807) is 23.0 Å². The van der Waals surface area contributed by atoms with Crippen LogP contribution in [0.2, 0.25) is 0 Å². The Hall–Kier alpha value is -0.880. The van der Waals surface area contributed by atoms with E-state index in [4.69, 9.17) is 5.26 Å². The zero-order valence-corrected chi connectivity index (χ0v) is 7.47. The van der Waals surface area contributed by atoms with Crippen molar-refractivity contribution in [1.29, 1.82) is 5.26 Å². The van der Waals surface area contributed by atoms with Gasteiger partial charge in [0, 0.05) is 18.0 Å². The van der Waals surface area contributed by atoms with Gasteiger partial charge in [-0.15, -0.1) is 11.3 Å². The second-order valence-electron chi connectivity index (χ2n) is 1.94. The Labute approximate surface area is 71.5 Å². The van der Waals surface area contributed by atoms with E-state index in [1.807, 2.05) is 5.38 Å². The summed E-state index contributed by atoms with van der Waals surface area (Å²) in [6.45, 7) is 2.08. The van der Waals surface area contributed by atoms with E-state index in [-0.39, 0.29) is 0 Å². The first kappa shape index (κ1) is 10.1. The lowest BCUT2D eigenvalue weighted by molar-refractivity contribution is 0.822. The molecule has 11 heavy (non-hydrogen) atoms. The fraction of sp³-hybridized carbons (Fsp3) is 0.500. The minimum absolute atomic E-state index is 0.719. The van der Waals surface area contributed by atoms with Crippen molar-refractivity contribution in [3.8, 4) is 6.07 Å². The topological polar surface area (TPSA) is 36.7 Å². The predicted octanol–water partition coefficient (Wildman–Crippen LogP) is 2.84. The van der Waals surface area contributed by atoms with Gasteiger partial charge in [0.05, 0.1) is 11.6 Å². The highest BCUT2D eigenvalue weighted by Gasteiger charge is 1.74. The minimum atomic E-state index is 0.719. The highest BCUT2D eigenvalue weighted by molar-refractivity contribution is 7.07. The number of unbranched alkanes of at least 4 members (excludes halogenated alkanes) is 2. The molecule has 0 saturated heterocycles. The molecule has 1 heterocycles. The molecule has 0 fully saturated rings. The number of nitrogens with zero attached hydrogens (tertiary/aromatic N) is 2. The minimum Gasteiger partial charge on any atom is -0.253 e. The normalized spacial score (nSPS) is 7.64. The lowest BCUT2D eigenvalue weighted by atomic mass is 10.3. The van der Waals surface area contributed by atoms with Crippen LogP contribution in [-0.2, 0) is 0 Å². The third-order valence-electron chi connectivity index (χ3n) is 0.989. The lowest BCUT2D eigenvalue weighted by Crippen LogP contribution is -1.62. The molecule has 2 nitrogen and oxygen atoms in total. The first-order chi connectivity index (χ1) is 5.41. The van der Waals surface area contributed by atoms with Crippen molar-refractivity contribution in [2.75, 3.05) is 0 Å². The second kappa shape index (κ2) is 9.12. The van der Waals surface area contributed by atoms with Crippen molar-refractivity contribution in [1.82, 2.24) is 4.98 Å². The maximum atomic E-state index is 7.95. The van der Waals surface area contributed by atoms with E-state index in [9.17, 15) is 0 Å². The summed E-state index contributed by atoms with van der Waals surface area (Å²) in [5, 5.41) is 9.88. The Balaban J connectivity index is 0.000000183. The summed E-state index contributed by atoms with van der Waals surface area (Å²) in [7, 11) is 0. The molecule has 0 aliphatic carbocycles. The molecule has 1 rings (SSSR count). The second-order valence-corrected chi connectivity index (χ2v) is 2.69. The molecule has 1 aromatic rings. The maximum absolute atomic E-state index is 7.95. The van der Waals surface area contributed by atoms with E-state index < -0.39 is 0 Å². The number of hydrogen-bond acceptors (Lipinski definition) is 3. The molecule has 0 N–H and O–H groups in total. The van der Waals surface area contributed by atoms with Crippen LogP contribution in [0.1, 0.15) is 26.2 Å². The van der Waals surface area contributed by atoms with Gasteiger partial charge in [-0.3, -0.25) is 4.98 Å². The monoisotopic (exact) mass is 168 g/mol. The van der Waals surface area contributed by atoms with Gasteiger partial charge in [-0.05, 0) is 6.42 Å². The van der Waals surface area contributed by atoms with E-state index >= 15 is 0 Å². The Morgan fingerprint density at radius 3 is 2.64 bits per heavy atom. The smallest absolute Gasteiger partial charge is 0.0791 e. The van der Waals surface area contributed by atoms with Crippen molar-refractivity contribution < 1.29 is 0 Å². The van der Waals surface area contributed by atoms with Gasteiger partial charge in [-0.1, -0.05) is 13.3 Å². The third kappa shape index (κ3) is 9.12. The quantitative estimate of drug-likeness (QED) is 0.637. The molecule has 0 radical (unpaired) electrons. The predicted molar refractivity (Wildman–Crippen MR) is 47.3 cm³/mol. The molecule has 0 aliphatic rings. The highest BCUT2D eigenvalue weighted by atomic mass is 32.1. The van der Waals surface area contributed by atoms with Crippen molar-refractivity contribution in [2.45, 2.75) is 26.2 Å². The van der Waals surface area contributed by atoms with Crippen LogP contribution in [0.15, 0.2) is 17.1 Å². The van der Waals surface area contributed by atoms with E-state index in [1.165, 1.54) is 0 Å². The lowest BCUT2D eigenvalue weighted by Gasteiger charge is -1.77. The molecule has 0 spiro atoms. The molecule has 60 valence electrons. The molecule has 0 saturated carbocycles. The largest absolute Gasteiger partial charge is 0.253 e. The van der Waals surface area contributed by atoms with Gasteiger partial charge >= 0.3 is 0 Å². The van der Waals surface area contributed by atoms with Crippen LogP contribution >= 0.6 is 11.3 Å². The molecular weight excluding hydrogens is 156 g/mol. The summed E-state index contributed by atoms with van der Waals surface area (Å²) in [4.78, 5) is 3.74. The van der Waals surface area contributed by atoms with Gasteiger partial charge < -0.3 is 0 Å². The van der Waals surface area contributed by atoms with E-state index in [0.717, 1.165) is 19.3 Å². The number of hydrogen-bond donors (Lipinski definition) is 0. The van der Waals surface area contributed by atoms with E-state index in [2.05, 4.69) is 18.0 Å². The Morgan fingerprint density at radius 1 is 1.64 bits per heavy atom. The zero-order valence-electron chi connectivity index (χ0n) is 6.66. The Bertz CT molecular complexity index is 159. The van der Waals surface area contributed by atoms with Crippen molar-refractivity contribution >= 4 is 11.3 Å². The molecule has 3 heteroatoms. The van der Waals surface area contributed by atoms with Crippen molar-refractivity contribution in [3.63, 3.8) is 0 Å². The Morgan fingerprint density at radius 2 is 2.45 bits per heavy atom. The zero-order chi connectivity index (χ0) is 8.36. The van der Waals surface area contributed by atoms with Crippen LogP contribution in [0.4, 0.5) is 0 Å². The van der Waals surface area contributed by atoms with Gasteiger partial charge in [0.2, 0.25) is 0 Å². The number of rotatable bonds is 2. The fourth-order valence-corrected chi connectivity index (χ4v) is 0.783. The van der Waals surface area contributed by atoms with Crippen LogP contribution in [0, 0.1) is 11.3 Å². The number of nitriles is 1. The highest BCUT2D eigenvalue weighted by Crippen LogP contribution is 1.88. The molecular formula is C8H12N2S. The van der Waals surface area contributed by atoms with E-state index in [0.29, 0.717) is 0 Å². The summed E-state index contributed by atoms with van der Waals surface area (Å²) < 4.78 is 0. The average molecular weight is 168 g/mol. The molecule has 0 aliphatic heterocycles. The van der Waals surface area contributed by atoms with Gasteiger partial charge in [0.1, 0.15) is 0 Å². The van der Waals surface area contributed by atoms with Crippen molar-refractivity contribution in [2.24, 2.45) is 0 Å².